The summed E-state index contributed by atoms with van der Waals surface area (Å²) in [7, 11) is -0.936. The van der Waals surface area contributed by atoms with E-state index in [-0.39, 0.29) is 18.9 Å². The minimum absolute atomic E-state index is 0.0691. The molecule has 3 rings (SSSR count). The largest absolute Gasteiger partial charge is 0.497 e. The highest BCUT2D eigenvalue weighted by molar-refractivity contribution is 7.89. The van der Waals surface area contributed by atoms with Crippen LogP contribution in [0.1, 0.15) is 30.0 Å². The van der Waals surface area contributed by atoms with Gasteiger partial charge in [0.15, 0.2) is 11.6 Å². The summed E-state index contributed by atoms with van der Waals surface area (Å²) in [6, 6.07) is 14.1. The fraction of sp³-hybridized carbons (Fsp3) is 0.304. The molecule has 0 aliphatic carbocycles. The Kier molecular flexibility index (Phi) is 7.96. The van der Waals surface area contributed by atoms with Crippen molar-refractivity contribution in [2.75, 3.05) is 14.2 Å². The minimum atomic E-state index is -4.04. The van der Waals surface area contributed by atoms with Crippen LogP contribution < -0.4 is 9.47 Å². The van der Waals surface area contributed by atoms with Crippen LogP contribution in [0.5, 0.6) is 11.5 Å². The van der Waals surface area contributed by atoms with Gasteiger partial charge in [0.25, 0.3) is 0 Å². The highest BCUT2D eigenvalue weighted by atomic mass is 32.2. The first kappa shape index (κ1) is 24.6. The summed E-state index contributed by atoms with van der Waals surface area (Å²) in [4.78, 5) is 7.46. The van der Waals surface area contributed by atoms with Gasteiger partial charge in [-0.1, -0.05) is 24.3 Å². The molecular formula is C23H26FN3O5S. The van der Waals surface area contributed by atoms with E-state index in [2.05, 4.69) is 9.97 Å². The lowest BCUT2D eigenvalue weighted by atomic mass is 10.2. The van der Waals surface area contributed by atoms with Crippen molar-refractivity contribution in [3.8, 4) is 11.5 Å². The summed E-state index contributed by atoms with van der Waals surface area (Å²) in [6.45, 7) is 1.52. The lowest BCUT2D eigenvalue weighted by molar-refractivity contribution is 0.162. The van der Waals surface area contributed by atoms with Crippen LogP contribution in [0.3, 0.4) is 0 Å². The summed E-state index contributed by atoms with van der Waals surface area (Å²) >= 11 is 0. The summed E-state index contributed by atoms with van der Waals surface area (Å²) < 4.78 is 51.9. The molecule has 8 nitrogen and oxygen atoms in total. The Balaban J connectivity index is 1.91. The molecule has 1 N–H and O–H groups in total. The molecule has 0 amide bonds. The van der Waals surface area contributed by atoms with Crippen molar-refractivity contribution < 1.29 is 27.4 Å². The second kappa shape index (κ2) is 10.7. The Morgan fingerprint density at radius 2 is 1.33 bits per heavy atom. The molecule has 0 fully saturated rings. The molecule has 0 saturated carbocycles. The summed E-state index contributed by atoms with van der Waals surface area (Å²) in [6.07, 6.45) is 0.235. The molecule has 1 heterocycles. The first-order valence-corrected chi connectivity index (χ1v) is 11.6. The van der Waals surface area contributed by atoms with Crippen LogP contribution >= 0.6 is 0 Å². The van der Waals surface area contributed by atoms with Crippen molar-refractivity contribution in [1.29, 1.82) is 0 Å². The van der Waals surface area contributed by atoms with E-state index in [1.165, 1.54) is 11.2 Å². The van der Waals surface area contributed by atoms with Crippen LogP contribution in [0, 0.1) is 5.82 Å². The number of nitrogens with zero attached hydrogens (tertiary/aromatic N) is 3. The number of aromatic nitrogens is 2. The Bertz CT molecular complexity index is 1090. The van der Waals surface area contributed by atoms with Gasteiger partial charge < -0.3 is 14.6 Å². The number of benzene rings is 2. The predicted octanol–water partition coefficient (Wildman–Crippen LogP) is 3.09. The van der Waals surface area contributed by atoms with Gasteiger partial charge in [-0.25, -0.2) is 22.8 Å². The van der Waals surface area contributed by atoms with Gasteiger partial charge in [-0.05, 0) is 42.3 Å². The second-order valence-electron chi connectivity index (χ2n) is 7.42. The maximum Gasteiger partial charge on any atom is 0.220 e. The van der Waals surface area contributed by atoms with Crippen molar-refractivity contribution >= 4 is 10.0 Å². The quantitative estimate of drug-likeness (QED) is 0.481. The highest BCUT2D eigenvalue weighted by Gasteiger charge is 2.36. The molecule has 0 bridgehead atoms. The number of aliphatic hydroxyl groups excluding tert-OH is 1. The number of rotatable bonds is 10. The van der Waals surface area contributed by atoms with Gasteiger partial charge in [0.05, 0.1) is 26.6 Å². The standard InChI is InChI=1S/C23H26FN3O5S/c1-16(22(28)23-25-12-19(24)13-26-23)33(29,30)27(14-17-4-8-20(31-2)9-5-17)15-18-6-10-21(32-3)11-7-18/h4-13,16,22,28H,14-15H2,1-3H3/t16-,22-/m0/s1. The monoisotopic (exact) mass is 475 g/mol. The smallest absolute Gasteiger partial charge is 0.220 e. The number of ether oxygens (including phenoxy) is 2. The zero-order valence-electron chi connectivity index (χ0n) is 18.6. The van der Waals surface area contributed by atoms with Gasteiger partial charge in [0.1, 0.15) is 22.9 Å². The average Bonchev–Trinajstić information content (AvgIpc) is 2.84. The number of sulfonamides is 1. The van der Waals surface area contributed by atoms with Crippen molar-refractivity contribution in [3.05, 3.63) is 83.7 Å². The molecule has 0 aliphatic rings. The first-order chi connectivity index (χ1) is 15.7. The zero-order chi connectivity index (χ0) is 24.0. The molecule has 10 heteroatoms. The van der Waals surface area contributed by atoms with Gasteiger partial charge in [-0.15, -0.1) is 0 Å². The maximum atomic E-state index is 13.6. The fourth-order valence-corrected chi connectivity index (χ4v) is 4.76. The van der Waals surface area contributed by atoms with E-state index in [9.17, 15) is 17.9 Å². The van der Waals surface area contributed by atoms with Crippen LogP contribution in [0.25, 0.3) is 0 Å². The Morgan fingerprint density at radius 3 is 1.73 bits per heavy atom. The maximum absolute atomic E-state index is 13.6. The van der Waals surface area contributed by atoms with Crippen molar-refractivity contribution in [3.63, 3.8) is 0 Å². The molecule has 176 valence electrons. The van der Waals surface area contributed by atoms with Crippen molar-refractivity contribution in [2.45, 2.75) is 31.4 Å². The van der Waals surface area contributed by atoms with Crippen molar-refractivity contribution in [1.82, 2.24) is 14.3 Å². The van der Waals surface area contributed by atoms with E-state index in [0.717, 1.165) is 23.5 Å². The third kappa shape index (κ3) is 6.04. The van der Waals surface area contributed by atoms with Crippen LogP contribution in [0.15, 0.2) is 60.9 Å². The first-order valence-electron chi connectivity index (χ1n) is 10.1. The van der Waals surface area contributed by atoms with Gasteiger partial charge in [0, 0.05) is 13.1 Å². The molecule has 0 spiro atoms. The molecule has 2 aromatic carbocycles. The van der Waals surface area contributed by atoms with E-state index in [1.807, 2.05) is 0 Å². The Morgan fingerprint density at radius 1 is 0.909 bits per heavy atom. The molecule has 33 heavy (non-hydrogen) atoms. The molecule has 0 saturated heterocycles. The van der Waals surface area contributed by atoms with E-state index < -0.39 is 27.2 Å². The lowest BCUT2D eigenvalue weighted by Gasteiger charge is -2.28. The van der Waals surface area contributed by atoms with Gasteiger partial charge in [-0.3, -0.25) is 0 Å². The van der Waals surface area contributed by atoms with E-state index in [1.54, 1.807) is 62.8 Å². The van der Waals surface area contributed by atoms with Gasteiger partial charge in [0.2, 0.25) is 10.0 Å². The third-order valence-electron chi connectivity index (χ3n) is 5.22. The SMILES string of the molecule is COc1ccc(CN(Cc2ccc(OC)cc2)S(=O)(=O)[C@@H](C)[C@H](O)c2ncc(F)cn2)cc1. The van der Waals surface area contributed by atoms with Gasteiger partial charge >= 0.3 is 0 Å². The zero-order valence-corrected chi connectivity index (χ0v) is 19.4. The molecule has 3 aromatic rings. The van der Waals surface area contributed by atoms with E-state index in [0.29, 0.717) is 11.5 Å². The minimum Gasteiger partial charge on any atom is -0.497 e. The number of methoxy groups -OCH3 is 2. The molecule has 2 atom stereocenters. The number of aliphatic hydroxyl groups is 1. The number of hydrogen-bond acceptors (Lipinski definition) is 7. The van der Waals surface area contributed by atoms with Crippen LogP contribution in [-0.4, -0.2) is 47.3 Å². The molecule has 0 radical (unpaired) electrons. The molecular weight excluding hydrogens is 449 g/mol. The van der Waals surface area contributed by atoms with E-state index >= 15 is 0 Å². The predicted molar refractivity (Wildman–Crippen MR) is 121 cm³/mol. The molecule has 1 aromatic heterocycles. The van der Waals surface area contributed by atoms with Crippen LogP contribution in [-0.2, 0) is 23.1 Å². The normalized spacial score (nSPS) is 13.5. The number of hydrogen-bond donors (Lipinski definition) is 1. The topological polar surface area (TPSA) is 102 Å². The van der Waals surface area contributed by atoms with Crippen LogP contribution in [0.4, 0.5) is 4.39 Å². The highest BCUT2D eigenvalue weighted by Crippen LogP contribution is 2.26. The average molecular weight is 476 g/mol. The summed E-state index contributed by atoms with van der Waals surface area (Å²) in [5, 5.41) is 9.37. The van der Waals surface area contributed by atoms with E-state index in [4.69, 9.17) is 9.47 Å². The van der Waals surface area contributed by atoms with Gasteiger partial charge in [-0.2, -0.15) is 4.31 Å². The summed E-state index contributed by atoms with van der Waals surface area (Å²) in [5.74, 6) is 0.463. The van der Waals surface area contributed by atoms with Crippen molar-refractivity contribution in [2.24, 2.45) is 0 Å². The fourth-order valence-electron chi connectivity index (χ4n) is 3.19. The second-order valence-corrected chi connectivity index (χ2v) is 9.71. The molecule has 0 unspecified atom stereocenters. The van der Waals surface area contributed by atoms with Crippen LogP contribution in [0.2, 0.25) is 0 Å². The number of halogens is 1. The lowest BCUT2D eigenvalue weighted by Crippen LogP contribution is -2.40. The molecule has 0 aliphatic heterocycles. The summed E-state index contributed by atoms with van der Waals surface area (Å²) in [5.41, 5.74) is 1.49. The Labute approximate surface area is 192 Å². The third-order valence-corrected chi connectivity index (χ3v) is 7.39. The Hall–Kier alpha value is -3.08.